The van der Waals surface area contributed by atoms with Crippen LogP contribution in [0.15, 0.2) is 59.6 Å². The lowest BCUT2D eigenvalue weighted by Crippen LogP contribution is -2.20. The van der Waals surface area contributed by atoms with E-state index in [1.54, 1.807) is 18.4 Å². The van der Waals surface area contributed by atoms with Crippen LogP contribution in [0.1, 0.15) is 49.8 Å². The van der Waals surface area contributed by atoms with Gasteiger partial charge in [0, 0.05) is 18.3 Å². The zero-order valence-electron chi connectivity index (χ0n) is 19.8. The van der Waals surface area contributed by atoms with Crippen LogP contribution < -0.4 is 5.32 Å². The van der Waals surface area contributed by atoms with Crippen LogP contribution in [0.3, 0.4) is 0 Å². The molecule has 2 N–H and O–H groups in total. The molecule has 1 heterocycles. The number of anilines is 1. The zero-order valence-corrected chi connectivity index (χ0v) is 19.8. The number of fused-ring (bicyclic) bond motifs is 1. The number of hydrogen-bond donors (Lipinski definition) is 2. The maximum Gasteiger partial charge on any atom is 0.231 e. The molecule has 2 aromatic carbocycles. The molecular weight excluding hydrogens is 429 g/mol. The van der Waals surface area contributed by atoms with Gasteiger partial charge in [-0.15, -0.1) is 0 Å². The molecule has 0 spiro atoms. The Morgan fingerprint density at radius 2 is 2.06 bits per heavy atom. The number of nitrogens with one attached hydrogen (secondary N) is 2. The molecule has 0 radical (unpaired) electrons. The van der Waals surface area contributed by atoms with Crippen LogP contribution in [0, 0.1) is 23.1 Å². The van der Waals surface area contributed by atoms with Gasteiger partial charge in [0.1, 0.15) is 5.82 Å². The molecule has 178 valence electrons. The first-order valence-corrected chi connectivity index (χ1v) is 11.9. The van der Waals surface area contributed by atoms with Crippen LogP contribution in [-0.2, 0) is 28.9 Å². The highest BCUT2D eigenvalue weighted by Gasteiger charge is 2.23. The lowest BCUT2D eigenvalue weighted by Gasteiger charge is -2.12. The van der Waals surface area contributed by atoms with Gasteiger partial charge >= 0.3 is 0 Å². The minimum Gasteiger partial charge on any atom is -0.325 e. The van der Waals surface area contributed by atoms with Crippen LogP contribution in [-0.4, -0.2) is 23.7 Å². The second kappa shape index (κ2) is 12.2. The van der Waals surface area contributed by atoms with E-state index >= 15 is 0 Å². The summed E-state index contributed by atoms with van der Waals surface area (Å²) in [5.41, 5.74) is 3.54. The number of ketones is 1. The van der Waals surface area contributed by atoms with Crippen molar-refractivity contribution in [2.75, 3.05) is 5.32 Å². The monoisotopic (exact) mass is 461 g/mol. The number of aliphatic imine (C=N–C) groups is 1. The lowest BCUT2D eigenvalue weighted by atomic mass is 9.98. The molecule has 2 aromatic rings. The highest BCUT2D eigenvalue weighted by atomic mass is 19.1. The van der Waals surface area contributed by atoms with Crippen LogP contribution >= 0.6 is 0 Å². The molecule has 1 unspecified atom stereocenters. The molecule has 0 fully saturated rings. The van der Waals surface area contributed by atoms with Gasteiger partial charge in [-0.2, -0.15) is 0 Å². The van der Waals surface area contributed by atoms with E-state index in [2.05, 4.69) is 22.4 Å². The summed E-state index contributed by atoms with van der Waals surface area (Å²) in [5.74, 6) is -1.39. The van der Waals surface area contributed by atoms with Crippen molar-refractivity contribution in [1.82, 2.24) is 0 Å². The summed E-state index contributed by atoms with van der Waals surface area (Å²) in [6.45, 7) is 3.94. The van der Waals surface area contributed by atoms with Crippen molar-refractivity contribution in [3.05, 3.63) is 77.1 Å². The van der Waals surface area contributed by atoms with Crippen molar-refractivity contribution < 1.29 is 14.0 Å². The number of Topliss-reactive ketones (excluding diaryl/α,β-unsaturated/α-hetero) is 1. The van der Waals surface area contributed by atoms with Crippen molar-refractivity contribution >= 4 is 29.4 Å². The minimum absolute atomic E-state index is 0.0140. The first-order valence-electron chi connectivity index (χ1n) is 11.9. The van der Waals surface area contributed by atoms with Crippen LogP contribution in [0.4, 0.5) is 10.1 Å². The fourth-order valence-electron chi connectivity index (χ4n) is 4.03. The standard InChI is InChI=1S/C28H32FN3O2/c1-3-21-16-24(29)17-23-15-14-22(28(34)32-26(21)23)10-7-11-25(33)27(30)31-18-19(2)12-13-20-8-5-4-6-9-20/h4-10,16-19,22,30H,3,11-15H2,1-2H3,(H,32,34)/b10-7+,30-27?,31-18+/t19?,22-/m0/s1. The summed E-state index contributed by atoms with van der Waals surface area (Å²) in [4.78, 5) is 29.0. The maximum atomic E-state index is 13.9. The molecule has 0 saturated heterocycles. The van der Waals surface area contributed by atoms with E-state index in [9.17, 15) is 14.0 Å². The Balaban J connectivity index is 1.49. The zero-order chi connectivity index (χ0) is 24.5. The van der Waals surface area contributed by atoms with Crippen molar-refractivity contribution in [2.24, 2.45) is 16.8 Å². The van der Waals surface area contributed by atoms with Gasteiger partial charge in [0.2, 0.25) is 11.7 Å². The Bertz CT molecular complexity index is 1090. The number of allylic oxidation sites excluding steroid dienone is 1. The average molecular weight is 462 g/mol. The second-order valence-corrected chi connectivity index (χ2v) is 8.77. The SMILES string of the molecule is CCc1cc(F)cc2c1NC(=O)[C@@H](/C=C/CC(=O)C(=N)/N=C/C(C)CCc1ccccc1)CC2. The summed E-state index contributed by atoms with van der Waals surface area (Å²) < 4.78 is 13.9. The third-order valence-electron chi connectivity index (χ3n) is 6.08. The number of carbonyl (C=O) groups excluding carboxylic acids is 2. The van der Waals surface area contributed by atoms with Crippen molar-refractivity contribution in [3.63, 3.8) is 0 Å². The summed E-state index contributed by atoms with van der Waals surface area (Å²) in [5, 5.41) is 10.9. The Morgan fingerprint density at radius 3 is 2.79 bits per heavy atom. The summed E-state index contributed by atoms with van der Waals surface area (Å²) in [6, 6.07) is 13.1. The maximum absolute atomic E-state index is 13.9. The van der Waals surface area contributed by atoms with E-state index < -0.39 is 11.7 Å². The van der Waals surface area contributed by atoms with Gasteiger partial charge in [-0.25, -0.2) is 9.38 Å². The Hall–Kier alpha value is -3.41. The van der Waals surface area contributed by atoms with Gasteiger partial charge in [0.05, 0.1) is 5.92 Å². The van der Waals surface area contributed by atoms with E-state index in [-0.39, 0.29) is 29.9 Å². The fourth-order valence-corrected chi connectivity index (χ4v) is 4.03. The molecule has 34 heavy (non-hydrogen) atoms. The average Bonchev–Trinajstić information content (AvgIpc) is 2.99. The summed E-state index contributed by atoms with van der Waals surface area (Å²) >= 11 is 0. The molecule has 1 aliphatic rings. The first-order chi connectivity index (χ1) is 16.4. The van der Waals surface area contributed by atoms with Crippen molar-refractivity contribution in [3.8, 4) is 0 Å². The fraction of sp³-hybridized carbons (Fsp3) is 0.357. The summed E-state index contributed by atoms with van der Waals surface area (Å²) in [6.07, 6.45) is 8.55. The second-order valence-electron chi connectivity index (χ2n) is 8.77. The molecule has 0 aliphatic carbocycles. The molecule has 0 aromatic heterocycles. The normalized spacial score (nSPS) is 16.8. The number of hydrogen-bond acceptors (Lipinski definition) is 3. The Kier molecular flexibility index (Phi) is 9.02. The number of benzene rings is 2. The Morgan fingerprint density at radius 1 is 1.29 bits per heavy atom. The number of amides is 1. The first kappa shape index (κ1) is 25.2. The Labute approximate surface area is 200 Å². The van der Waals surface area contributed by atoms with E-state index in [4.69, 9.17) is 5.41 Å². The molecular formula is C28H32FN3O2. The van der Waals surface area contributed by atoms with Crippen molar-refractivity contribution in [2.45, 2.75) is 52.4 Å². The van der Waals surface area contributed by atoms with Gasteiger partial charge in [-0.05, 0) is 66.8 Å². The molecule has 0 saturated carbocycles. The van der Waals surface area contributed by atoms with Crippen LogP contribution in [0.2, 0.25) is 0 Å². The molecule has 5 nitrogen and oxygen atoms in total. The largest absolute Gasteiger partial charge is 0.325 e. The van der Waals surface area contributed by atoms with E-state index in [0.29, 0.717) is 24.9 Å². The summed E-state index contributed by atoms with van der Waals surface area (Å²) in [7, 11) is 0. The predicted molar refractivity (Wildman–Crippen MR) is 135 cm³/mol. The number of nitrogens with zero attached hydrogens (tertiary/aromatic N) is 1. The molecule has 1 aliphatic heterocycles. The quantitative estimate of drug-likeness (QED) is 0.284. The number of amidine groups is 1. The number of halogens is 1. The lowest BCUT2D eigenvalue weighted by molar-refractivity contribution is -0.118. The van der Waals surface area contributed by atoms with E-state index in [1.165, 1.54) is 17.7 Å². The number of rotatable bonds is 9. The molecule has 1 amide bonds. The van der Waals surface area contributed by atoms with Gasteiger partial charge in [0.25, 0.3) is 0 Å². The van der Waals surface area contributed by atoms with Crippen LogP contribution in [0.5, 0.6) is 0 Å². The molecule has 2 atom stereocenters. The number of carbonyl (C=O) groups is 2. The predicted octanol–water partition coefficient (Wildman–Crippen LogP) is 5.72. The highest BCUT2D eigenvalue weighted by Crippen LogP contribution is 2.30. The third-order valence-corrected chi connectivity index (χ3v) is 6.08. The smallest absolute Gasteiger partial charge is 0.231 e. The van der Waals surface area contributed by atoms with E-state index in [1.807, 2.05) is 32.0 Å². The molecule has 3 rings (SSSR count). The van der Waals surface area contributed by atoms with Gasteiger partial charge < -0.3 is 5.32 Å². The molecule has 6 heteroatoms. The van der Waals surface area contributed by atoms with E-state index in [0.717, 1.165) is 24.0 Å². The topological polar surface area (TPSA) is 82.4 Å². The van der Waals surface area contributed by atoms with Gasteiger partial charge in [-0.3, -0.25) is 15.0 Å². The van der Waals surface area contributed by atoms with Gasteiger partial charge in [-0.1, -0.05) is 56.3 Å². The van der Waals surface area contributed by atoms with Crippen LogP contribution in [0.25, 0.3) is 0 Å². The number of aryl methyl sites for hydroxylation is 3. The van der Waals surface area contributed by atoms with Crippen molar-refractivity contribution in [1.29, 1.82) is 5.41 Å². The third kappa shape index (κ3) is 7.04. The highest BCUT2D eigenvalue weighted by molar-refractivity contribution is 6.39. The molecule has 0 bridgehead atoms. The van der Waals surface area contributed by atoms with Gasteiger partial charge in [0.15, 0.2) is 5.84 Å². The minimum atomic E-state index is -0.413.